The molecule has 0 aromatic heterocycles. The molecule has 1 amide bonds. The second-order valence-electron chi connectivity index (χ2n) is 11.0. The highest BCUT2D eigenvalue weighted by molar-refractivity contribution is 5.98. The lowest BCUT2D eigenvalue weighted by atomic mass is 9.61. The summed E-state index contributed by atoms with van der Waals surface area (Å²) < 4.78 is 0. The zero-order valence-electron chi connectivity index (χ0n) is 18.3. The minimum atomic E-state index is -0.554. The highest BCUT2D eigenvalue weighted by atomic mass is 16.2. The third-order valence-corrected chi connectivity index (χ3v) is 9.60. The quantitative estimate of drug-likeness (QED) is 0.767. The molecular formula is C25H40N2O2. The van der Waals surface area contributed by atoms with Crippen molar-refractivity contribution in [3.05, 3.63) is 0 Å². The van der Waals surface area contributed by atoms with Gasteiger partial charge in [-0.3, -0.25) is 14.5 Å². The molecule has 1 spiro atoms. The Morgan fingerprint density at radius 2 is 1.52 bits per heavy atom. The van der Waals surface area contributed by atoms with Crippen molar-refractivity contribution in [2.75, 3.05) is 13.6 Å². The summed E-state index contributed by atoms with van der Waals surface area (Å²) >= 11 is 0. The first-order valence-electron chi connectivity index (χ1n) is 12.7. The first kappa shape index (κ1) is 20.0. The Morgan fingerprint density at radius 1 is 0.897 bits per heavy atom. The smallest absolute Gasteiger partial charge is 0.241 e. The lowest BCUT2D eigenvalue weighted by Gasteiger charge is -2.44. The van der Waals surface area contributed by atoms with Gasteiger partial charge in [-0.05, 0) is 44.6 Å². The van der Waals surface area contributed by atoms with Gasteiger partial charge < -0.3 is 5.32 Å². The number of ketones is 1. The van der Waals surface area contributed by atoms with Gasteiger partial charge in [-0.2, -0.15) is 0 Å². The molecule has 5 aliphatic rings. The fraction of sp³-hybridized carbons (Fsp3) is 0.920. The minimum Gasteiger partial charge on any atom is -0.351 e. The predicted octanol–water partition coefficient (Wildman–Crippen LogP) is 4.32. The lowest BCUT2D eigenvalue weighted by Crippen LogP contribution is -2.59. The van der Waals surface area contributed by atoms with Crippen LogP contribution >= 0.6 is 0 Å². The van der Waals surface area contributed by atoms with E-state index in [0.29, 0.717) is 29.6 Å². The fourth-order valence-corrected chi connectivity index (χ4v) is 8.30. The number of hydrogen-bond acceptors (Lipinski definition) is 3. The van der Waals surface area contributed by atoms with Crippen LogP contribution in [0.1, 0.15) is 89.9 Å². The zero-order valence-corrected chi connectivity index (χ0v) is 18.3. The molecule has 0 radical (unpaired) electrons. The molecule has 5 atom stereocenters. The molecule has 4 heteroatoms. The van der Waals surface area contributed by atoms with Gasteiger partial charge in [0.2, 0.25) is 5.91 Å². The van der Waals surface area contributed by atoms with Gasteiger partial charge in [-0.15, -0.1) is 0 Å². The van der Waals surface area contributed by atoms with E-state index >= 15 is 0 Å². The lowest BCUT2D eigenvalue weighted by molar-refractivity contribution is -0.142. The number of amides is 1. The number of hydrogen-bond donors (Lipinski definition) is 1. The van der Waals surface area contributed by atoms with Crippen LogP contribution in [0, 0.1) is 29.6 Å². The van der Waals surface area contributed by atoms with E-state index in [2.05, 4.69) is 17.3 Å². The third-order valence-electron chi connectivity index (χ3n) is 9.60. The monoisotopic (exact) mass is 400 g/mol. The summed E-state index contributed by atoms with van der Waals surface area (Å²) in [5, 5.41) is 3.40. The van der Waals surface area contributed by atoms with Crippen molar-refractivity contribution in [1.82, 2.24) is 10.2 Å². The van der Waals surface area contributed by atoms with Crippen molar-refractivity contribution < 1.29 is 9.59 Å². The molecule has 5 fully saturated rings. The van der Waals surface area contributed by atoms with E-state index in [9.17, 15) is 9.59 Å². The molecule has 5 rings (SSSR count). The Morgan fingerprint density at radius 3 is 2.24 bits per heavy atom. The summed E-state index contributed by atoms with van der Waals surface area (Å²) in [5.74, 6) is 2.18. The standard InChI is InChI=1S/C25H40N2O2/c1-27-16-19(17-10-4-2-5-11-17)22(23(28)18-12-6-3-7-13-18)25(27)20-14-8-9-15-21(20)26-24(25)29/h17-22H,2-16H2,1H3,(H,26,29)/t19-,20?,21?,22?,25-/m1/s1. The van der Waals surface area contributed by atoms with Crippen LogP contribution in [-0.2, 0) is 9.59 Å². The number of likely N-dealkylation sites (N-methyl/N-ethyl adjacent to an activating group) is 1. The molecule has 3 aliphatic carbocycles. The number of carbonyl (C=O) groups is 2. The van der Waals surface area contributed by atoms with Crippen molar-refractivity contribution in [1.29, 1.82) is 0 Å². The van der Waals surface area contributed by atoms with Crippen molar-refractivity contribution in [3.8, 4) is 0 Å². The Hall–Kier alpha value is -0.900. The Balaban J connectivity index is 1.54. The van der Waals surface area contributed by atoms with Gasteiger partial charge in [0.05, 0.1) is 5.92 Å². The van der Waals surface area contributed by atoms with E-state index in [1.54, 1.807) is 0 Å². The Kier molecular flexibility index (Phi) is 5.51. The van der Waals surface area contributed by atoms with E-state index in [0.717, 1.165) is 32.2 Å². The molecule has 0 aromatic carbocycles. The van der Waals surface area contributed by atoms with Crippen molar-refractivity contribution in [3.63, 3.8) is 0 Å². The Bertz CT molecular complexity index is 637. The van der Waals surface area contributed by atoms with Crippen molar-refractivity contribution in [2.45, 2.75) is 101 Å². The number of nitrogens with one attached hydrogen (secondary N) is 1. The van der Waals surface area contributed by atoms with Gasteiger partial charge in [0.25, 0.3) is 0 Å². The second kappa shape index (κ2) is 7.98. The van der Waals surface area contributed by atoms with Crippen LogP contribution in [0.3, 0.4) is 0 Å². The summed E-state index contributed by atoms with van der Waals surface area (Å²) in [7, 11) is 2.17. The molecular weight excluding hydrogens is 360 g/mol. The molecule has 0 aromatic rings. The SMILES string of the molecule is CN1C[C@H](C2CCCCC2)C(C(=O)C2CCCCC2)[C@]12C(=O)NC1CCCCC12. The zero-order chi connectivity index (χ0) is 20.0. The minimum absolute atomic E-state index is 0.0631. The van der Waals surface area contributed by atoms with Gasteiger partial charge in [0.15, 0.2) is 0 Å². The van der Waals surface area contributed by atoms with E-state index in [4.69, 9.17) is 0 Å². The van der Waals surface area contributed by atoms with Crippen LogP contribution in [0.5, 0.6) is 0 Å². The van der Waals surface area contributed by atoms with Crippen molar-refractivity contribution >= 4 is 11.7 Å². The summed E-state index contributed by atoms with van der Waals surface area (Å²) in [6.45, 7) is 0.949. The molecule has 29 heavy (non-hydrogen) atoms. The molecule has 2 aliphatic heterocycles. The topological polar surface area (TPSA) is 49.4 Å². The number of Topliss-reactive ketones (excluding diaryl/α,β-unsaturated/α-hetero) is 1. The fourth-order valence-electron chi connectivity index (χ4n) is 8.30. The predicted molar refractivity (Wildman–Crippen MR) is 114 cm³/mol. The highest BCUT2D eigenvalue weighted by Crippen LogP contribution is 2.55. The van der Waals surface area contributed by atoms with Crippen LogP contribution in [0.4, 0.5) is 0 Å². The molecule has 4 nitrogen and oxygen atoms in total. The summed E-state index contributed by atoms with van der Waals surface area (Å²) in [4.78, 5) is 30.2. The number of rotatable bonds is 3. The van der Waals surface area contributed by atoms with E-state index in [-0.39, 0.29) is 17.7 Å². The molecule has 2 saturated heterocycles. The van der Waals surface area contributed by atoms with Crippen LogP contribution in [0.2, 0.25) is 0 Å². The maximum Gasteiger partial charge on any atom is 0.241 e. The summed E-state index contributed by atoms with van der Waals surface area (Å²) in [6.07, 6.45) is 16.9. The number of fused-ring (bicyclic) bond motifs is 2. The van der Waals surface area contributed by atoms with Crippen LogP contribution in [0.25, 0.3) is 0 Å². The third kappa shape index (κ3) is 3.11. The van der Waals surface area contributed by atoms with Gasteiger partial charge in [0.1, 0.15) is 11.3 Å². The maximum absolute atomic E-state index is 14.2. The molecule has 3 saturated carbocycles. The van der Waals surface area contributed by atoms with Crippen LogP contribution in [-0.4, -0.2) is 41.8 Å². The normalized spacial score (nSPS) is 42.2. The largest absolute Gasteiger partial charge is 0.351 e. The van der Waals surface area contributed by atoms with E-state index in [1.807, 2.05) is 0 Å². The summed E-state index contributed by atoms with van der Waals surface area (Å²) in [5.41, 5.74) is -0.554. The van der Waals surface area contributed by atoms with Gasteiger partial charge >= 0.3 is 0 Å². The van der Waals surface area contributed by atoms with Crippen LogP contribution in [0.15, 0.2) is 0 Å². The maximum atomic E-state index is 14.2. The number of likely N-dealkylation sites (tertiary alicyclic amines) is 1. The van der Waals surface area contributed by atoms with Gasteiger partial charge in [0, 0.05) is 24.4 Å². The molecule has 2 heterocycles. The second-order valence-corrected chi connectivity index (χ2v) is 11.0. The number of nitrogens with zero attached hydrogens (tertiary/aromatic N) is 1. The highest BCUT2D eigenvalue weighted by Gasteiger charge is 2.69. The average Bonchev–Trinajstić information content (AvgIpc) is 3.24. The Labute approximate surface area is 176 Å². The average molecular weight is 401 g/mol. The molecule has 3 unspecified atom stereocenters. The molecule has 162 valence electrons. The van der Waals surface area contributed by atoms with E-state index in [1.165, 1.54) is 64.2 Å². The number of carbonyl (C=O) groups excluding carboxylic acids is 2. The van der Waals surface area contributed by atoms with Crippen molar-refractivity contribution in [2.24, 2.45) is 29.6 Å². The van der Waals surface area contributed by atoms with Gasteiger partial charge in [-0.1, -0.05) is 64.2 Å². The first-order chi connectivity index (χ1) is 14.1. The van der Waals surface area contributed by atoms with E-state index < -0.39 is 5.54 Å². The molecule has 0 bridgehead atoms. The summed E-state index contributed by atoms with van der Waals surface area (Å²) in [6, 6.07) is 0.297. The van der Waals surface area contributed by atoms with Gasteiger partial charge in [-0.25, -0.2) is 0 Å². The molecule has 1 N–H and O–H groups in total. The van der Waals surface area contributed by atoms with Crippen LogP contribution < -0.4 is 5.32 Å². The first-order valence-corrected chi connectivity index (χ1v) is 12.7.